The Morgan fingerprint density at radius 2 is 1.91 bits per heavy atom. The van der Waals surface area contributed by atoms with Crippen molar-refractivity contribution in [2.75, 3.05) is 26.0 Å². The highest BCUT2D eigenvalue weighted by Crippen LogP contribution is 2.31. The maximum Gasteiger partial charge on any atom is 0.237 e. The maximum atomic E-state index is 13.4. The molecule has 0 spiro atoms. The van der Waals surface area contributed by atoms with Gasteiger partial charge in [0.25, 0.3) is 0 Å². The van der Waals surface area contributed by atoms with E-state index in [1.54, 1.807) is 6.26 Å². The molecule has 0 saturated carbocycles. The number of ether oxygens (including phenoxy) is 1. The molecule has 0 aliphatic carbocycles. The number of hydrogen-bond donors (Lipinski definition) is 5. The monoisotopic (exact) mass is 476 g/mol. The minimum Gasteiger partial charge on any atom is -0.395 e. The lowest BCUT2D eigenvalue weighted by atomic mass is 9.85. The van der Waals surface area contributed by atoms with E-state index >= 15 is 0 Å². The number of nitrogens with one attached hydrogen (secondary N) is 1. The van der Waals surface area contributed by atoms with Crippen molar-refractivity contribution in [2.45, 2.75) is 101 Å². The van der Waals surface area contributed by atoms with E-state index < -0.39 is 35.9 Å². The van der Waals surface area contributed by atoms with Gasteiger partial charge in [-0.25, -0.2) is 0 Å². The van der Waals surface area contributed by atoms with Crippen LogP contribution in [0.15, 0.2) is 0 Å². The van der Waals surface area contributed by atoms with Gasteiger partial charge in [-0.1, -0.05) is 46.5 Å². The average Bonchev–Trinajstić information content (AvgIpc) is 2.77. The molecule has 2 rings (SSSR count). The van der Waals surface area contributed by atoms with Crippen molar-refractivity contribution in [3.05, 3.63) is 0 Å². The van der Waals surface area contributed by atoms with Crippen molar-refractivity contribution in [2.24, 2.45) is 11.8 Å². The second-order valence-electron chi connectivity index (χ2n) is 9.62. The van der Waals surface area contributed by atoms with E-state index in [4.69, 9.17) is 4.74 Å². The second-order valence-corrected chi connectivity index (χ2v) is 10.6. The first-order chi connectivity index (χ1) is 15.2. The van der Waals surface area contributed by atoms with Gasteiger partial charge in [0.05, 0.1) is 18.7 Å². The molecule has 0 aromatic rings. The van der Waals surface area contributed by atoms with E-state index in [9.17, 15) is 25.2 Å². The van der Waals surface area contributed by atoms with Crippen LogP contribution in [-0.4, -0.2) is 99.1 Å². The summed E-state index contributed by atoms with van der Waals surface area (Å²) in [5.74, 6) is 0.298. The van der Waals surface area contributed by atoms with E-state index in [2.05, 4.69) is 12.2 Å². The average molecular weight is 477 g/mol. The van der Waals surface area contributed by atoms with Crippen molar-refractivity contribution in [1.29, 1.82) is 0 Å². The number of β-amino-alcohol motifs (C(OH)–C–C–N with tert-alkyl or cyclic N) is 1. The summed E-state index contributed by atoms with van der Waals surface area (Å²) in [5, 5.41) is 43.7. The molecule has 9 heteroatoms. The van der Waals surface area contributed by atoms with E-state index in [-0.39, 0.29) is 24.5 Å². The topological polar surface area (TPSA) is 122 Å². The van der Waals surface area contributed by atoms with Gasteiger partial charge in [-0.05, 0) is 37.5 Å². The summed E-state index contributed by atoms with van der Waals surface area (Å²) in [6.07, 6.45) is 3.54. The molecule has 0 radical (unpaired) electrons. The normalized spacial score (nSPS) is 35.1. The Bertz CT molecular complexity index is 567. The van der Waals surface area contributed by atoms with Crippen LogP contribution in [0.2, 0.25) is 0 Å². The number of carbonyl (C=O) groups excluding carboxylic acids is 1. The molecule has 0 unspecified atom stereocenters. The van der Waals surface area contributed by atoms with Gasteiger partial charge in [0, 0.05) is 6.54 Å². The third-order valence-corrected chi connectivity index (χ3v) is 7.80. The van der Waals surface area contributed by atoms with Crippen molar-refractivity contribution < 1.29 is 30.0 Å². The van der Waals surface area contributed by atoms with Crippen LogP contribution in [0, 0.1) is 11.8 Å². The quantitative estimate of drug-likeness (QED) is 0.280. The fraction of sp³-hybridized carbons (Fsp3) is 0.957. The summed E-state index contributed by atoms with van der Waals surface area (Å²) in [6, 6.07) is -0.859. The first-order valence-corrected chi connectivity index (χ1v) is 13.4. The summed E-state index contributed by atoms with van der Waals surface area (Å²) >= 11 is 1.26. The Kier molecular flexibility index (Phi) is 11.7. The first-order valence-electron chi connectivity index (χ1n) is 12.1. The number of amides is 1. The number of thioether (sulfide) groups is 1. The highest BCUT2D eigenvalue weighted by atomic mass is 32.2. The standard InChI is InChI=1S/C23H44N2O6S/c1-5-6-7-8-15-9-10-25(11-12-26)16(13-15)22(30)24-17(14(2)3)21-19(28)18(27)20(29)23(31-21)32-4/h14-21,23,26-29H,5-13H2,1-4H3,(H,24,30)/t15-,16+,17-,18+,19-,20-,21-,23-/m1/s1. The Balaban J connectivity index is 2.13. The van der Waals surface area contributed by atoms with E-state index in [0.29, 0.717) is 12.5 Å². The predicted octanol–water partition coefficient (Wildman–Crippen LogP) is 0.951. The molecule has 2 saturated heterocycles. The van der Waals surface area contributed by atoms with E-state index in [0.717, 1.165) is 25.8 Å². The summed E-state index contributed by atoms with van der Waals surface area (Å²) in [7, 11) is 0. The molecule has 0 aromatic heterocycles. The molecular formula is C23H44N2O6S. The van der Waals surface area contributed by atoms with Gasteiger partial charge in [0.15, 0.2) is 0 Å². The Hall–Kier alpha value is -0.420. The van der Waals surface area contributed by atoms with Crippen LogP contribution in [0.5, 0.6) is 0 Å². The van der Waals surface area contributed by atoms with Crippen molar-refractivity contribution in [3.8, 4) is 0 Å². The van der Waals surface area contributed by atoms with Crippen LogP contribution in [0.25, 0.3) is 0 Å². The number of carbonyl (C=O) groups is 1. The minimum atomic E-state index is -1.34. The van der Waals surface area contributed by atoms with Crippen LogP contribution >= 0.6 is 11.8 Å². The summed E-state index contributed by atoms with van der Waals surface area (Å²) in [5.41, 5.74) is -0.680. The largest absolute Gasteiger partial charge is 0.395 e. The highest BCUT2D eigenvalue weighted by Gasteiger charge is 2.48. The zero-order valence-corrected chi connectivity index (χ0v) is 20.8. The van der Waals surface area contributed by atoms with Gasteiger partial charge in [0.1, 0.15) is 29.9 Å². The minimum absolute atomic E-state index is 0.00181. The van der Waals surface area contributed by atoms with E-state index in [1.807, 2.05) is 18.7 Å². The molecule has 32 heavy (non-hydrogen) atoms. The van der Waals surface area contributed by atoms with Gasteiger partial charge in [-0.15, -0.1) is 11.8 Å². The van der Waals surface area contributed by atoms with Crippen molar-refractivity contribution >= 4 is 17.7 Å². The number of unbranched alkanes of at least 4 members (excludes halogenated alkanes) is 2. The number of aliphatic hydroxyl groups is 4. The number of nitrogens with zero attached hydrogens (tertiary/aromatic N) is 1. The molecule has 5 N–H and O–H groups in total. The molecule has 0 aromatic carbocycles. The van der Waals surface area contributed by atoms with Gasteiger partial charge >= 0.3 is 0 Å². The van der Waals surface area contributed by atoms with Gasteiger partial charge < -0.3 is 30.5 Å². The van der Waals surface area contributed by atoms with Gasteiger partial charge in [0.2, 0.25) is 5.91 Å². The summed E-state index contributed by atoms with van der Waals surface area (Å²) in [4.78, 5) is 15.5. The first kappa shape index (κ1) is 27.8. The summed E-state index contributed by atoms with van der Waals surface area (Å²) in [6.45, 7) is 7.30. The molecular weight excluding hydrogens is 432 g/mol. The Morgan fingerprint density at radius 3 is 2.50 bits per heavy atom. The van der Waals surface area contributed by atoms with Gasteiger partial charge in [-0.2, -0.15) is 0 Å². The second kappa shape index (κ2) is 13.5. The van der Waals surface area contributed by atoms with Crippen LogP contribution in [0.3, 0.4) is 0 Å². The van der Waals surface area contributed by atoms with Crippen molar-refractivity contribution in [1.82, 2.24) is 10.2 Å². The molecule has 8 atom stereocenters. The fourth-order valence-corrected chi connectivity index (χ4v) is 5.63. The van der Waals surface area contributed by atoms with E-state index in [1.165, 1.54) is 31.0 Å². The number of rotatable bonds is 11. The predicted molar refractivity (Wildman–Crippen MR) is 126 cm³/mol. The van der Waals surface area contributed by atoms with Crippen molar-refractivity contribution in [3.63, 3.8) is 0 Å². The third kappa shape index (κ3) is 7.04. The van der Waals surface area contributed by atoms with Crippen LogP contribution in [0.4, 0.5) is 0 Å². The fourth-order valence-electron chi connectivity index (χ4n) is 4.95. The Labute approximate surface area is 197 Å². The smallest absolute Gasteiger partial charge is 0.237 e. The van der Waals surface area contributed by atoms with Crippen LogP contribution < -0.4 is 5.32 Å². The molecule has 8 nitrogen and oxygen atoms in total. The van der Waals surface area contributed by atoms with Crippen LogP contribution in [-0.2, 0) is 9.53 Å². The number of aliphatic hydroxyl groups excluding tert-OH is 4. The summed E-state index contributed by atoms with van der Waals surface area (Å²) < 4.78 is 5.94. The lowest BCUT2D eigenvalue weighted by Crippen LogP contribution is -2.65. The van der Waals surface area contributed by atoms with Crippen LogP contribution in [0.1, 0.15) is 59.3 Å². The molecule has 2 heterocycles. The molecule has 2 aliphatic heterocycles. The Morgan fingerprint density at radius 1 is 1.19 bits per heavy atom. The molecule has 2 aliphatic rings. The third-order valence-electron chi connectivity index (χ3n) is 6.95. The number of piperidine rings is 1. The highest BCUT2D eigenvalue weighted by molar-refractivity contribution is 7.99. The zero-order valence-electron chi connectivity index (χ0n) is 20.0. The maximum absolute atomic E-state index is 13.4. The zero-order chi connectivity index (χ0) is 23.8. The molecule has 1 amide bonds. The molecule has 188 valence electrons. The SMILES string of the molecule is CCCCC[C@@H]1CCN(CCO)[C@H](C(=O)N[C@H](C(C)C)[C@H]2O[C@H](SC)[C@H](O)[C@@H](O)[C@H]2O)C1. The number of likely N-dealkylation sites (tertiary alicyclic amines) is 1. The number of hydrogen-bond acceptors (Lipinski definition) is 8. The molecule has 2 fully saturated rings. The van der Waals surface area contributed by atoms with Gasteiger partial charge in [-0.3, -0.25) is 9.69 Å². The lowest BCUT2D eigenvalue weighted by Gasteiger charge is -2.45. The lowest BCUT2D eigenvalue weighted by molar-refractivity contribution is -0.208. The molecule has 0 bridgehead atoms.